The molecular formula is C23H35F3O2. The van der Waals surface area contributed by atoms with Crippen molar-refractivity contribution in [2.45, 2.75) is 103 Å². The van der Waals surface area contributed by atoms with Crippen molar-refractivity contribution in [1.29, 1.82) is 0 Å². The number of benzene rings is 1. The lowest BCUT2D eigenvalue weighted by Gasteiger charge is -2.17. The zero-order valence-corrected chi connectivity index (χ0v) is 17.4. The Morgan fingerprint density at radius 2 is 1.36 bits per heavy atom. The molecule has 1 aromatic rings. The van der Waals surface area contributed by atoms with Crippen LogP contribution in [0.4, 0.5) is 13.2 Å². The Kier molecular flexibility index (Phi) is 12.7. The average molecular weight is 401 g/mol. The summed E-state index contributed by atoms with van der Waals surface area (Å²) in [6.45, 7) is 4.20. The first-order valence-corrected chi connectivity index (χ1v) is 10.9. The van der Waals surface area contributed by atoms with Gasteiger partial charge in [-0.15, -0.1) is 0 Å². The number of unbranched alkanes of at least 4 members (excludes halogenated alkanes) is 9. The van der Waals surface area contributed by atoms with Crippen LogP contribution in [0.3, 0.4) is 0 Å². The number of halogens is 3. The summed E-state index contributed by atoms with van der Waals surface area (Å²) in [5, 5.41) is 0. The molecule has 0 fully saturated rings. The first kappa shape index (κ1) is 24.5. The fourth-order valence-corrected chi connectivity index (χ4v) is 3.34. The van der Waals surface area contributed by atoms with Gasteiger partial charge in [-0.1, -0.05) is 78.1 Å². The number of hydrogen-bond donors (Lipinski definition) is 0. The minimum absolute atomic E-state index is 0.320. The molecule has 0 aliphatic carbocycles. The fourth-order valence-electron chi connectivity index (χ4n) is 3.34. The van der Waals surface area contributed by atoms with Gasteiger partial charge >= 0.3 is 5.97 Å². The smallest absolute Gasteiger partial charge is 0.341 e. The van der Waals surface area contributed by atoms with Gasteiger partial charge in [0.05, 0.1) is 5.56 Å². The van der Waals surface area contributed by atoms with E-state index in [1.807, 2.05) is 6.92 Å². The van der Waals surface area contributed by atoms with E-state index in [4.69, 9.17) is 4.74 Å². The maximum atomic E-state index is 13.8. The topological polar surface area (TPSA) is 26.3 Å². The maximum Gasteiger partial charge on any atom is 0.341 e. The fraction of sp³-hybridized carbons (Fsp3) is 0.696. The van der Waals surface area contributed by atoms with Gasteiger partial charge in [-0.25, -0.2) is 18.0 Å². The summed E-state index contributed by atoms with van der Waals surface area (Å²) in [6.07, 6.45) is 14.1. The first-order chi connectivity index (χ1) is 13.5. The Morgan fingerprint density at radius 3 is 1.93 bits per heavy atom. The van der Waals surface area contributed by atoms with Crippen LogP contribution in [0.5, 0.6) is 0 Å². The quantitative estimate of drug-likeness (QED) is 0.171. The maximum absolute atomic E-state index is 13.8. The summed E-state index contributed by atoms with van der Waals surface area (Å²) in [5.41, 5.74) is -0.553. The van der Waals surface area contributed by atoms with Crippen molar-refractivity contribution >= 4 is 5.97 Å². The van der Waals surface area contributed by atoms with Crippen LogP contribution in [0.15, 0.2) is 12.1 Å². The SMILES string of the molecule is CCCCCCCCCCCCC(CCC)OC(=O)c1ccc(F)c(F)c1F. The van der Waals surface area contributed by atoms with Crippen molar-refractivity contribution in [1.82, 2.24) is 0 Å². The zero-order chi connectivity index (χ0) is 20.8. The van der Waals surface area contributed by atoms with Crippen LogP contribution in [-0.4, -0.2) is 12.1 Å². The van der Waals surface area contributed by atoms with Crippen LogP contribution < -0.4 is 0 Å². The summed E-state index contributed by atoms with van der Waals surface area (Å²) < 4.78 is 45.5. The molecule has 160 valence electrons. The van der Waals surface area contributed by atoms with E-state index >= 15 is 0 Å². The van der Waals surface area contributed by atoms with Crippen molar-refractivity contribution in [2.75, 3.05) is 0 Å². The Balaban J connectivity index is 2.31. The second-order valence-corrected chi connectivity index (χ2v) is 7.51. The van der Waals surface area contributed by atoms with Gasteiger partial charge in [-0.2, -0.15) is 0 Å². The van der Waals surface area contributed by atoms with E-state index in [2.05, 4.69) is 6.92 Å². The van der Waals surface area contributed by atoms with Gasteiger partial charge in [0.15, 0.2) is 17.5 Å². The highest BCUT2D eigenvalue weighted by Crippen LogP contribution is 2.20. The molecule has 0 bridgehead atoms. The number of esters is 1. The standard InChI is InChI=1S/C23H35F3O2/c1-3-5-6-7-8-9-10-11-12-13-15-18(14-4-2)28-23(27)19-16-17-20(24)22(26)21(19)25/h16-18H,3-15H2,1-2H3. The van der Waals surface area contributed by atoms with E-state index in [9.17, 15) is 18.0 Å². The molecule has 0 radical (unpaired) electrons. The van der Waals surface area contributed by atoms with Gasteiger partial charge in [0.1, 0.15) is 6.10 Å². The molecule has 28 heavy (non-hydrogen) atoms. The lowest BCUT2D eigenvalue weighted by atomic mass is 10.0. The molecule has 1 atom stereocenters. The molecule has 0 N–H and O–H groups in total. The van der Waals surface area contributed by atoms with E-state index in [-0.39, 0.29) is 6.10 Å². The van der Waals surface area contributed by atoms with Crippen molar-refractivity contribution in [3.8, 4) is 0 Å². The summed E-state index contributed by atoms with van der Waals surface area (Å²) in [6, 6.07) is 1.67. The molecule has 1 aromatic carbocycles. The number of ether oxygens (including phenoxy) is 1. The van der Waals surface area contributed by atoms with Crippen molar-refractivity contribution < 1.29 is 22.7 Å². The van der Waals surface area contributed by atoms with E-state index in [0.29, 0.717) is 12.8 Å². The summed E-state index contributed by atoms with van der Waals surface area (Å²) in [7, 11) is 0. The number of rotatable bonds is 15. The predicted octanol–water partition coefficient (Wildman–Crippen LogP) is 7.74. The normalized spacial score (nSPS) is 12.2. The van der Waals surface area contributed by atoms with Crippen LogP contribution in [0.1, 0.15) is 108 Å². The third-order valence-corrected chi connectivity index (χ3v) is 5.02. The van der Waals surface area contributed by atoms with Crippen LogP contribution in [-0.2, 0) is 4.74 Å². The number of carbonyl (C=O) groups excluding carboxylic acids is 1. The average Bonchev–Trinajstić information content (AvgIpc) is 2.67. The lowest BCUT2D eigenvalue weighted by Crippen LogP contribution is -2.19. The van der Waals surface area contributed by atoms with Crippen molar-refractivity contribution in [2.24, 2.45) is 0 Å². The summed E-state index contributed by atoms with van der Waals surface area (Å²) >= 11 is 0. The third-order valence-electron chi connectivity index (χ3n) is 5.02. The van der Waals surface area contributed by atoms with Crippen LogP contribution in [0.2, 0.25) is 0 Å². The molecule has 0 heterocycles. The van der Waals surface area contributed by atoms with E-state index in [0.717, 1.165) is 31.4 Å². The molecule has 1 rings (SSSR count). The van der Waals surface area contributed by atoms with Gasteiger partial charge in [0, 0.05) is 0 Å². The summed E-state index contributed by atoms with van der Waals surface area (Å²) in [4.78, 5) is 12.1. The highest BCUT2D eigenvalue weighted by Gasteiger charge is 2.22. The van der Waals surface area contributed by atoms with Crippen LogP contribution in [0, 0.1) is 17.5 Å². The second-order valence-electron chi connectivity index (χ2n) is 7.51. The molecule has 1 unspecified atom stereocenters. The van der Waals surface area contributed by atoms with E-state index < -0.39 is 29.0 Å². The van der Waals surface area contributed by atoms with Crippen LogP contribution >= 0.6 is 0 Å². The molecule has 0 amide bonds. The summed E-state index contributed by atoms with van der Waals surface area (Å²) in [5.74, 6) is -5.37. The van der Waals surface area contributed by atoms with Gasteiger partial charge in [-0.05, 0) is 31.4 Å². The van der Waals surface area contributed by atoms with E-state index in [1.165, 1.54) is 51.4 Å². The minimum Gasteiger partial charge on any atom is -0.459 e. The van der Waals surface area contributed by atoms with Gasteiger partial charge in [-0.3, -0.25) is 0 Å². The molecule has 0 saturated heterocycles. The van der Waals surface area contributed by atoms with Gasteiger partial charge < -0.3 is 4.74 Å². The Morgan fingerprint density at radius 1 is 0.786 bits per heavy atom. The lowest BCUT2D eigenvalue weighted by molar-refractivity contribution is 0.0247. The number of hydrogen-bond acceptors (Lipinski definition) is 2. The van der Waals surface area contributed by atoms with Crippen molar-refractivity contribution in [3.63, 3.8) is 0 Å². The molecule has 0 aromatic heterocycles. The van der Waals surface area contributed by atoms with Gasteiger partial charge in [0.2, 0.25) is 0 Å². The van der Waals surface area contributed by atoms with Crippen LogP contribution in [0.25, 0.3) is 0 Å². The Bertz CT molecular complexity index is 575. The second kappa shape index (κ2) is 14.5. The Labute approximate surface area is 167 Å². The molecule has 2 nitrogen and oxygen atoms in total. The predicted molar refractivity (Wildman–Crippen MR) is 107 cm³/mol. The van der Waals surface area contributed by atoms with Gasteiger partial charge in [0.25, 0.3) is 0 Å². The highest BCUT2D eigenvalue weighted by molar-refractivity contribution is 5.89. The monoisotopic (exact) mass is 400 g/mol. The largest absolute Gasteiger partial charge is 0.459 e. The van der Waals surface area contributed by atoms with E-state index in [1.54, 1.807) is 0 Å². The van der Waals surface area contributed by atoms with Crippen molar-refractivity contribution in [3.05, 3.63) is 35.1 Å². The molecular weight excluding hydrogens is 365 g/mol. The molecule has 0 saturated carbocycles. The number of carbonyl (C=O) groups is 1. The molecule has 0 spiro atoms. The first-order valence-electron chi connectivity index (χ1n) is 10.9. The zero-order valence-electron chi connectivity index (χ0n) is 17.4. The molecule has 5 heteroatoms. The minimum atomic E-state index is -1.64. The third kappa shape index (κ3) is 9.11. The molecule has 0 aliphatic heterocycles. The Hall–Kier alpha value is -1.52. The highest BCUT2D eigenvalue weighted by atomic mass is 19.2. The molecule has 0 aliphatic rings.